The monoisotopic (exact) mass is 269 g/mol. The molecule has 3 N–H and O–H groups in total. The minimum absolute atomic E-state index is 0.237. The molecule has 0 bridgehead atoms. The van der Waals surface area contributed by atoms with Gasteiger partial charge in [-0.15, -0.1) is 0 Å². The summed E-state index contributed by atoms with van der Waals surface area (Å²) >= 11 is 5.99. The number of hydrogen-bond donors (Lipinski definition) is 2. The molecular formula is C13H20ClN3O. The number of rotatable bonds is 4. The number of nitrogens with zero attached hydrogens (tertiary/aromatic N) is 2. The van der Waals surface area contributed by atoms with Crippen LogP contribution in [0.5, 0.6) is 0 Å². The normalized spacial score (nSPS) is 18.1. The van der Waals surface area contributed by atoms with Crippen LogP contribution in [0.25, 0.3) is 0 Å². The van der Waals surface area contributed by atoms with Gasteiger partial charge in [0.2, 0.25) is 0 Å². The van der Waals surface area contributed by atoms with Crippen LogP contribution < -0.4 is 5.73 Å². The molecule has 0 radical (unpaired) electrons. The number of piperazine rings is 1. The Morgan fingerprint density at radius 1 is 1.17 bits per heavy atom. The second kappa shape index (κ2) is 6.38. The molecule has 18 heavy (non-hydrogen) atoms. The fraction of sp³-hybridized carbons (Fsp3) is 0.538. The zero-order valence-electron chi connectivity index (χ0n) is 10.5. The molecule has 1 saturated heterocycles. The molecule has 1 heterocycles. The summed E-state index contributed by atoms with van der Waals surface area (Å²) in [5, 5.41) is 9.63. The van der Waals surface area contributed by atoms with E-state index in [0.717, 1.165) is 55.5 Å². The molecule has 0 amide bonds. The van der Waals surface area contributed by atoms with Crippen LogP contribution in [0.1, 0.15) is 5.56 Å². The molecule has 1 aliphatic rings. The van der Waals surface area contributed by atoms with Crippen molar-refractivity contribution in [3.8, 4) is 0 Å². The lowest BCUT2D eigenvalue weighted by atomic mass is 10.1. The van der Waals surface area contributed by atoms with Gasteiger partial charge in [-0.3, -0.25) is 9.80 Å². The third-order valence-corrected chi connectivity index (χ3v) is 3.62. The van der Waals surface area contributed by atoms with Gasteiger partial charge in [-0.05, 0) is 23.8 Å². The Morgan fingerprint density at radius 2 is 1.83 bits per heavy atom. The van der Waals surface area contributed by atoms with Crippen LogP contribution in [-0.4, -0.2) is 54.2 Å². The summed E-state index contributed by atoms with van der Waals surface area (Å²) in [6, 6.07) is 5.62. The number of benzene rings is 1. The first-order chi connectivity index (χ1) is 8.69. The highest BCUT2D eigenvalue weighted by molar-refractivity contribution is 6.30. The van der Waals surface area contributed by atoms with Crippen LogP contribution in [0.15, 0.2) is 18.2 Å². The maximum atomic E-state index is 8.90. The van der Waals surface area contributed by atoms with E-state index >= 15 is 0 Å². The minimum Gasteiger partial charge on any atom is -0.398 e. The Labute approximate surface area is 113 Å². The van der Waals surface area contributed by atoms with E-state index in [2.05, 4.69) is 9.80 Å². The molecule has 1 fully saturated rings. The van der Waals surface area contributed by atoms with Crippen LogP contribution in [0.2, 0.25) is 5.02 Å². The molecule has 0 saturated carbocycles. The van der Waals surface area contributed by atoms with Crippen molar-refractivity contribution >= 4 is 17.3 Å². The summed E-state index contributed by atoms with van der Waals surface area (Å²) in [6.45, 7) is 5.87. The van der Waals surface area contributed by atoms with E-state index in [1.165, 1.54) is 0 Å². The highest BCUT2D eigenvalue weighted by atomic mass is 35.5. The number of anilines is 1. The van der Waals surface area contributed by atoms with Gasteiger partial charge in [0.05, 0.1) is 6.61 Å². The summed E-state index contributed by atoms with van der Waals surface area (Å²) < 4.78 is 0. The second-order valence-corrected chi connectivity index (χ2v) is 5.12. The van der Waals surface area contributed by atoms with E-state index in [1.807, 2.05) is 18.2 Å². The van der Waals surface area contributed by atoms with E-state index < -0.39 is 0 Å². The van der Waals surface area contributed by atoms with Crippen LogP contribution >= 0.6 is 11.6 Å². The van der Waals surface area contributed by atoms with Gasteiger partial charge >= 0.3 is 0 Å². The van der Waals surface area contributed by atoms with Gasteiger partial charge in [-0.1, -0.05) is 11.6 Å². The summed E-state index contributed by atoms with van der Waals surface area (Å²) in [5.74, 6) is 0. The van der Waals surface area contributed by atoms with Gasteiger partial charge in [0.15, 0.2) is 0 Å². The van der Waals surface area contributed by atoms with Gasteiger partial charge in [-0.25, -0.2) is 0 Å². The zero-order chi connectivity index (χ0) is 13.0. The van der Waals surface area contributed by atoms with Crippen molar-refractivity contribution in [1.29, 1.82) is 0 Å². The Kier molecular flexibility index (Phi) is 4.83. The largest absolute Gasteiger partial charge is 0.398 e. The van der Waals surface area contributed by atoms with Crippen LogP contribution in [0, 0.1) is 0 Å². The molecule has 100 valence electrons. The molecule has 1 aromatic rings. The Hall–Kier alpha value is -0.810. The number of hydrogen-bond acceptors (Lipinski definition) is 4. The number of aliphatic hydroxyl groups is 1. The molecule has 0 spiro atoms. The van der Waals surface area contributed by atoms with Crippen LogP contribution in [0.4, 0.5) is 5.69 Å². The minimum atomic E-state index is 0.237. The molecule has 5 heteroatoms. The lowest BCUT2D eigenvalue weighted by molar-refractivity contribution is 0.108. The van der Waals surface area contributed by atoms with E-state index in [9.17, 15) is 0 Å². The molecule has 0 aliphatic carbocycles. The predicted molar refractivity (Wildman–Crippen MR) is 74.7 cm³/mol. The fourth-order valence-corrected chi connectivity index (χ4v) is 2.46. The number of halogens is 1. The summed E-state index contributed by atoms with van der Waals surface area (Å²) in [5.41, 5.74) is 7.85. The highest BCUT2D eigenvalue weighted by Gasteiger charge is 2.17. The third kappa shape index (κ3) is 3.59. The zero-order valence-corrected chi connectivity index (χ0v) is 11.2. The van der Waals surface area contributed by atoms with Crippen LogP contribution in [-0.2, 0) is 6.54 Å². The van der Waals surface area contributed by atoms with Crippen molar-refractivity contribution in [1.82, 2.24) is 9.80 Å². The van der Waals surface area contributed by atoms with Crippen molar-refractivity contribution < 1.29 is 5.11 Å². The van der Waals surface area contributed by atoms with E-state index in [-0.39, 0.29) is 6.61 Å². The lowest BCUT2D eigenvalue weighted by Crippen LogP contribution is -2.46. The SMILES string of the molecule is Nc1ccc(Cl)cc1CN1CCN(CCO)CC1. The predicted octanol–water partition coefficient (Wildman–Crippen LogP) is 1.03. The van der Waals surface area contributed by atoms with Gasteiger partial charge < -0.3 is 10.8 Å². The van der Waals surface area contributed by atoms with Crippen molar-refractivity contribution in [2.75, 3.05) is 45.1 Å². The number of nitrogens with two attached hydrogens (primary N) is 1. The van der Waals surface area contributed by atoms with E-state index in [0.29, 0.717) is 0 Å². The van der Waals surface area contributed by atoms with Gasteiger partial charge in [0.1, 0.15) is 0 Å². The van der Waals surface area contributed by atoms with Gasteiger partial charge in [0.25, 0.3) is 0 Å². The highest BCUT2D eigenvalue weighted by Crippen LogP contribution is 2.20. The average molecular weight is 270 g/mol. The standard InChI is InChI=1S/C13H20ClN3O/c14-12-1-2-13(15)11(9-12)10-17-5-3-16(4-6-17)7-8-18/h1-2,9,18H,3-8,10,15H2. The number of nitrogen functional groups attached to an aromatic ring is 1. The van der Waals surface area contributed by atoms with Crippen molar-refractivity contribution in [2.45, 2.75) is 6.54 Å². The first kappa shape index (κ1) is 13.6. The van der Waals surface area contributed by atoms with E-state index in [1.54, 1.807) is 0 Å². The summed E-state index contributed by atoms with van der Waals surface area (Å²) in [6.07, 6.45) is 0. The molecule has 0 unspecified atom stereocenters. The Morgan fingerprint density at radius 3 is 2.50 bits per heavy atom. The lowest BCUT2D eigenvalue weighted by Gasteiger charge is -2.34. The van der Waals surface area contributed by atoms with Crippen molar-refractivity contribution in [2.24, 2.45) is 0 Å². The van der Waals surface area contributed by atoms with Crippen LogP contribution in [0.3, 0.4) is 0 Å². The molecule has 0 atom stereocenters. The average Bonchev–Trinajstić information content (AvgIpc) is 2.37. The summed E-state index contributed by atoms with van der Waals surface area (Å²) in [4.78, 5) is 4.65. The second-order valence-electron chi connectivity index (χ2n) is 4.68. The molecule has 4 nitrogen and oxygen atoms in total. The van der Waals surface area contributed by atoms with Crippen molar-refractivity contribution in [3.05, 3.63) is 28.8 Å². The molecule has 1 aromatic carbocycles. The fourth-order valence-electron chi connectivity index (χ4n) is 2.26. The van der Waals surface area contributed by atoms with Gasteiger partial charge in [-0.2, -0.15) is 0 Å². The van der Waals surface area contributed by atoms with Crippen molar-refractivity contribution in [3.63, 3.8) is 0 Å². The molecule has 1 aliphatic heterocycles. The maximum absolute atomic E-state index is 8.90. The third-order valence-electron chi connectivity index (χ3n) is 3.38. The topological polar surface area (TPSA) is 52.7 Å². The first-order valence-corrected chi connectivity index (χ1v) is 6.66. The molecule has 2 rings (SSSR count). The number of β-amino-alcohol motifs (C(OH)–C–C–N with tert-alkyl or cyclic N) is 1. The maximum Gasteiger partial charge on any atom is 0.0558 e. The van der Waals surface area contributed by atoms with Gasteiger partial charge in [0, 0.05) is 50.0 Å². The smallest absolute Gasteiger partial charge is 0.0558 e. The Balaban J connectivity index is 1.89. The molecule has 0 aromatic heterocycles. The Bertz CT molecular complexity index is 392. The quantitative estimate of drug-likeness (QED) is 0.802. The molecular weight excluding hydrogens is 250 g/mol. The van der Waals surface area contributed by atoms with E-state index in [4.69, 9.17) is 22.4 Å². The number of aliphatic hydroxyl groups excluding tert-OH is 1. The summed E-state index contributed by atoms with van der Waals surface area (Å²) in [7, 11) is 0. The first-order valence-electron chi connectivity index (χ1n) is 6.28.